The Morgan fingerprint density at radius 2 is 0.939 bits per heavy atom. The zero-order chi connectivity index (χ0) is 22.9. The summed E-state index contributed by atoms with van der Waals surface area (Å²) in [4.78, 5) is 9.02. The molecule has 0 unspecified atom stereocenters. The van der Waals surface area contributed by atoms with Crippen LogP contribution < -0.4 is 14.2 Å². The third kappa shape index (κ3) is 6.31. The molecule has 0 amide bonds. The summed E-state index contributed by atoms with van der Waals surface area (Å²) in [6.07, 6.45) is 3.62. The molecule has 0 aliphatic heterocycles. The van der Waals surface area contributed by atoms with Crippen LogP contribution in [-0.4, -0.2) is 26.6 Å². The summed E-state index contributed by atoms with van der Waals surface area (Å²) in [6, 6.07) is 30.8. The van der Waals surface area contributed by atoms with Gasteiger partial charge in [-0.3, -0.25) is 9.98 Å². The molecule has 4 rings (SSSR count). The van der Waals surface area contributed by atoms with Gasteiger partial charge < -0.3 is 14.2 Å². The summed E-state index contributed by atoms with van der Waals surface area (Å²) in [6.45, 7) is 0. The van der Waals surface area contributed by atoms with E-state index in [0.29, 0.717) is 0 Å². The highest BCUT2D eigenvalue weighted by atomic mass is 16.5. The zero-order valence-electron chi connectivity index (χ0n) is 18.5. The fourth-order valence-electron chi connectivity index (χ4n) is 3.08. The van der Waals surface area contributed by atoms with Crippen molar-refractivity contribution >= 4 is 23.8 Å². The molecule has 4 aromatic rings. The minimum Gasteiger partial charge on any atom is -0.497 e. The summed E-state index contributed by atoms with van der Waals surface area (Å²) < 4.78 is 16.4. The van der Waals surface area contributed by atoms with Crippen LogP contribution in [0.3, 0.4) is 0 Å². The molecule has 0 spiro atoms. The van der Waals surface area contributed by atoms with Crippen molar-refractivity contribution in [3.05, 3.63) is 108 Å². The quantitative estimate of drug-likeness (QED) is 0.280. The fourth-order valence-corrected chi connectivity index (χ4v) is 3.08. The molecular formula is C28H24N2O3. The maximum atomic E-state index is 5.94. The summed E-state index contributed by atoms with van der Waals surface area (Å²) in [5, 5.41) is 0. The van der Waals surface area contributed by atoms with Gasteiger partial charge in [0.1, 0.15) is 23.0 Å². The van der Waals surface area contributed by atoms with E-state index in [1.54, 1.807) is 14.2 Å². The summed E-state index contributed by atoms with van der Waals surface area (Å²) in [5.41, 5.74) is 3.63. The monoisotopic (exact) mass is 436 g/mol. The Hall–Kier alpha value is -4.38. The Morgan fingerprint density at radius 1 is 0.515 bits per heavy atom. The van der Waals surface area contributed by atoms with E-state index in [9.17, 15) is 0 Å². The number of methoxy groups -OCH3 is 2. The van der Waals surface area contributed by atoms with Crippen molar-refractivity contribution in [2.75, 3.05) is 14.2 Å². The van der Waals surface area contributed by atoms with E-state index in [4.69, 9.17) is 14.2 Å². The van der Waals surface area contributed by atoms with Crippen molar-refractivity contribution in [2.45, 2.75) is 0 Å². The van der Waals surface area contributed by atoms with Gasteiger partial charge >= 0.3 is 0 Å². The lowest BCUT2D eigenvalue weighted by Crippen LogP contribution is -1.86. The SMILES string of the molecule is COc1cccc(C=Nc2ccc(Oc3ccc(N=Cc4cccc(OC)c4)cc3)cc2)c1. The minimum atomic E-state index is 0.739. The second kappa shape index (κ2) is 10.8. The second-order valence-corrected chi connectivity index (χ2v) is 7.16. The van der Waals surface area contributed by atoms with Crippen molar-refractivity contribution < 1.29 is 14.2 Å². The van der Waals surface area contributed by atoms with Gasteiger partial charge in [0.15, 0.2) is 0 Å². The van der Waals surface area contributed by atoms with Gasteiger partial charge in [-0.2, -0.15) is 0 Å². The summed E-state index contributed by atoms with van der Waals surface area (Å²) in [7, 11) is 3.30. The first kappa shape index (κ1) is 21.8. The van der Waals surface area contributed by atoms with Crippen LogP contribution in [0, 0.1) is 0 Å². The molecule has 0 saturated carbocycles. The van der Waals surface area contributed by atoms with Gasteiger partial charge in [-0.05, 0) is 83.9 Å². The predicted molar refractivity (Wildman–Crippen MR) is 133 cm³/mol. The summed E-state index contributed by atoms with van der Waals surface area (Å²) >= 11 is 0. The molecule has 0 aliphatic carbocycles. The Balaban J connectivity index is 1.36. The molecule has 0 heterocycles. The first-order chi connectivity index (χ1) is 16.2. The molecule has 0 bridgehead atoms. The van der Waals surface area contributed by atoms with E-state index < -0.39 is 0 Å². The number of aliphatic imine (C=N–C) groups is 2. The Labute approximate surface area is 193 Å². The largest absolute Gasteiger partial charge is 0.497 e. The number of ether oxygens (including phenoxy) is 3. The second-order valence-electron chi connectivity index (χ2n) is 7.16. The summed E-state index contributed by atoms with van der Waals surface area (Å²) in [5.74, 6) is 3.09. The lowest BCUT2D eigenvalue weighted by atomic mass is 10.2. The molecule has 0 fully saturated rings. The predicted octanol–water partition coefficient (Wildman–Crippen LogP) is 7.00. The van der Waals surface area contributed by atoms with E-state index in [1.165, 1.54) is 0 Å². The van der Waals surface area contributed by atoms with Gasteiger partial charge in [0, 0.05) is 12.4 Å². The molecule has 5 heteroatoms. The van der Waals surface area contributed by atoms with Gasteiger partial charge in [0.25, 0.3) is 0 Å². The molecule has 4 aromatic carbocycles. The maximum Gasteiger partial charge on any atom is 0.127 e. The molecule has 0 aromatic heterocycles. The number of benzene rings is 4. The molecule has 0 saturated heterocycles. The van der Waals surface area contributed by atoms with E-state index >= 15 is 0 Å². The zero-order valence-corrected chi connectivity index (χ0v) is 18.5. The van der Waals surface area contributed by atoms with Crippen LogP contribution in [0.25, 0.3) is 0 Å². The van der Waals surface area contributed by atoms with Crippen molar-refractivity contribution in [2.24, 2.45) is 9.98 Å². The normalized spacial score (nSPS) is 11.1. The lowest BCUT2D eigenvalue weighted by Gasteiger charge is -2.06. The average molecular weight is 437 g/mol. The molecule has 0 radical (unpaired) electrons. The van der Waals surface area contributed by atoms with E-state index in [0.717, 1.165) is 45.5 Å². The molecule has 0 N–H and O–H groups in total. The Bertz CT molecular complexity index is 1150. The first-order valence-electron chi connectivity index (χ1n) is 10.5. The number of hydrogen-bond donors (Lipinski definition) is 0. The highest BCUT2D eigenvalue weighted by Crippen LogP contribution is 2.26. The molecule has 164 valence electrons. The van der Waals surface area contributed by atoms with E-state index in [2.05, 4.69) is 9.98 Å². The van der Waals surface area contributed by atoms with Crippen LogP contribution in [0.1, 0.15) is 11.1 Å². The van der Waals surface area contributed by atoms with Crippen molar-refractivity contribution in [1.29, 1.82) is 0 Å². The van der Waals surface area contributed by atoms with Gasteiger partial charge in [-0.15, -0.1) is 0 Å². The van der Waals surface area contributed by atoms with Crippen LogP contribution in [0.5, 0.6) is 23.0 Å². The maximum absolute atomic E-state index is 5.94. The lowest BCUT2D eigenvalue weighted by molar-refractivity contribution is 0.414. The molecule has 33 heavy (non-hydrogen) atoms. The number of nitrogens with zero attached hydrogens (tertiary/aromatic N) is 2. The first-order valence-corrected chi connectivity index (χ1v) is 10.5. The molecule has 0 aliphatic rings. The topological polar surface area (TPSA) is 52.4 Å². The van der Waals surface area contributed by atoms with Crippen molar-refractivity contribution in [3.63, 3.8) is 0 Å². The number of rotatable bonds is 8. The standard InChI is InChI=1S/C28H24N2O3/c1-31-27-7-3-5-21(17-27)19-29-23-9-13-25(14-10-23)33-26-15-11-24(12-16-26)30-20-22-6-4-8-28(18-22)32-2/h3-20H,1-2H3. The minimum absolute atomic E-state index is 0.739. The molecule has 5 nitrogen and oxygen atoms in total. The Morgan fingerprint density at radius 3 is 1.33 bits per heavy atom. The molecule has 0 atom stereocenters. The van der Waals surface area contributed by atoms with E-state index in [-0.39, 0.29) is 0 Å². The molecular weight excluding hydrogens is 412 g/mol. The van der Waals surface area contributed by atoms with Crippen LogP contribution >= 0.6 is 0 Å². The van der Waals surface area contributed by atoms with E-state index in [1.807, 2.05) is 109 Å². The van der Waals surface area contributed by atoms with Crippen LogP contribution in [0.15, 0.2) is 107 Å². The smallest absolute Gasteiger partial charge is 0.127 e. The highest BCUT2D eigenvalue weighted by molar-refractivity contribution is 5.83. The highest BCUT2D eigenvalue weighted by Gasteiger charge is 1.99. The van der Waals surface area contributed by atoms with Crippen LogP contribution in [0.2, 0.25) is 0 Å². The third-order valence-electron chi connectivity index (χ3n) is 4.82. The van der Waals surface area contributed by atoms with Crippen LogP contribution in [0.4, 0.5) is 11.4 Å². The fraction of sp³-hybridized carbons (Fsp3) is 0.0714. The van der Waals surface area contributed by atoms with Crippen molar-refractivity contribution in [3.8, 4) is 23.0 Å². The number of hydrogen-bond acceptors (Lipinski definition) is 5. The van der Waals surface area contributed by atoms with Crippen LogP contribution in [-0.2, 0) is 0 Å². The van der Waals surface area contributed by atoms with Gasteiger partial charge in [0.05, 0.1) is 25.6 Å². The third-order valence-corrected chi connectivity index (χ3v) is 4.82. The van der Waals surface area contributed by atoms with Gasteiger partial charge in [-0.1, -0.05) is 24.3 Å². The van der Waals surface area contributed by atoms with Crippen molar-refractivity contribution in [1.82, 2.24) is 0 Å². The van der Waals surface area contributed by atoms with Gasteiger partial charge in [-0.25, -0.2) is 0 Å². The van der Waals surface area contributed by atoms with Gasteiger partial charge in [0.2, 0.25) is 0 Å². The Kier molecular flexibility index (Phi) is 7.13. The average Bonchev–Trinajstić information content (AvgIpc) is 2.88.